The smallest absolute Gasteiger partial charge is 0.255 e. The maximum Gasteiger partial charge on any atom is 0.255 e. The lowest BCUT2D eigenvalue weighted by Crippen LogP contribution is -2.22. The minimum absolute atomic E-state index is 0.0177. The molecule has 0 heterocycles. The molecular weight excluding hydrogens is 592 g/mol. The van der Waals surface area contributed by atoms with E-state index in [0.717, 1.165) is 8.61 Å². The lowest BCUT2D eigenvalue weighted by molar-refractivity contribution is 0.101. The number of anilines is 2. The molecule has 224 valence electrons. The molecule has 4 rings (SSSR count). The maximum atomic E-state index is 12.7. The summed E-state index contributed by atoms with van der Waals surface area (Å²) in [6.07, 6.45) is 0. The molecule has 0 saturated heterocycles. The van der Waals surface area contributed by atoms with Crippen molar-refractivity contribution in [1.82, 2.24) is 8.61 Å². The summed E-state index contributed by atoms with van der Waals surface area (Å²) >= 11 is 0. The summed E-state index contributed by atoms with van der Waals surface area (Å²) < 4.78 is 57.5. The third kappa shape index (κ3) is 7.45. The molecule has 4 aromatic carbocycles. The van der Waals surface area contributed by atoms with Crippen LogP contribution in [0.1, 0.15) is 20.7 Å². The summed E-state index contributed by atoms with van der Waals surface area (Å²) in [6, 6.07) is 24.8. The average Bonchev–Trinajstić information content (AvgIpc) is 2.99. The Bertz CT molecular complexity index is 1720. The zero-order valence-corrected chi connectivity index (χ0v) is 25.4. The number of amides is 2. The molecule has 4 aromatic rings. The molecule has 13 heteroatoms. The molecule has 0 unspecified atom stereocenters. The van der Waals surface area contributed by atoms with Crippen LogP contribution in [0.5, 0.6) is 11.5 Å². The predicted molar refractivity (Wildman–Crippen MR) is 163 cm³/mol. The van der Waals surface area contributed by atoms with Crippen LogP contribution in [0.25, 0.3) is 0 Å². The molecular formula is C30H30N4O7S2. The number of benzene rings is 4. The number of sulfonamides is 2. The Balaban J connectivity index is 1.36. The van der Waals surface area contributed by atoms with Crippen molar-refractivity contribution in [2.75, 3.05) is 38.8 Å². The number of ether oxygens (including phenoxy) is 1. The second-order valence-electron chi connectivity index (χ2n) is 9.69. The number of carbonyl (C=O) groups excluding carboxylic acids is 2. The Labute approximate surface area is 250 Å². The van der Waals surface area contributed by atoms with E-state index in [1.807, 2.05) is 0 Å². The largest absolute Gasteiger partial charge is 0.457 e. The van der Waals surface area contributed by atoms with E-state index in [1.165, 1.54) is 76.7 Å². The summed E-state index contributed by atoms with van der Waals surface area (Å²) in [5.74, 6) is 0.0573. The molecule has 0 aliphatic carbocycles. The summed E-state index contributed by atoms with van der Waals surface area (Å²) in [7, 11) is -1.68. The number of hydrogen-bond donors (Lipinski definition) is 2. The van der Waals surface area contributed by atoms with Crippen LogP contribution in [0.4, 0.5) is 11.4 Å². The topological polar surface area (TPSA) is 142 Å². The second-order valence-corrected chi connectivity index (χ2v) is 14.0. The molecule has 2 amide bonds. The molecule has 0 saturated carbocycles. The molecule has 0 fully saturated rings. The van der Waals surface area contributed by atoms with Crippen molar-refractivity contribution >= 4 is 43.2 Å². The Morgan fingerprint density at radius 3 is 1.23 bits per heavy atom. The predicted octanol–water partition coefficient (Wildman–Crippen LogP) is 4.48. The van der Waals surface area contributed by atoms with Crippen LogP contribution < -0.4 is 15.4 Å². The highest BCUT2D eigenvalue weighted by Crippen LogP contribution is 2.25. The van der Waals surface area contributed by atoms with E-state index in [2.05, 4.69) is 10.6 Å². The zero-order chi connectivity index (χ0) is 31.4. The van der Waals surface area contributed by atoms with Gasteiger partial charge in [-0.15, -0.1) is 0 Å². The van der Waals surface area contributed by atoms with E-state index in [0.29, 0.717) is 22.9 Å². The van der Waals surface area contributed by atoms with Crippen molar-refractivity contribution in [2.45, 2.75) is 9.79 Å². The lowest BCUT2D eigenvalue weighted by atomic mass is 10.2. The fourth-order valence-electron chi connectivity index (χ4n) is 3.77. The number of nitrogens with one attached hydrogen (secondary N) is 2. The van der Waals surface area contributed by atoms with Crippen LogP contribution in [-0.2, 0) is 20.0 Å². The number of hydrogen-bond acceptors (Lipinski definition) is 7. The third-order valence-corrected chi connectivity index (χ3v) is 9.83. The molecule has 0 aliphatic rings. The number of rotatable bonds is 10. The van der Waals surface area contributed by atoms with Crippen molar-refractivity contribution in [3.63, 3.8) is 0 Å². The Kier molecular flexibility index (Phi) is 9.30. The van der Waals surface area contributed by atoms with E-state index in [1.54, 1.807) is 48.5 Å². The standard InChI is InChI=1S/C30H30N4O7S2/c1-33(2)42(37,38)27-9-5-7-21(19-27)29(35)31-23-11-15-25(16-12-23)41-26-17-13-24(14-18-26)32-30(36)22-8-6-10-28(20-22)43(39,40)34(3)4/h5-20H,1-4H3,(H,31,35)(H,32,36). The first-order chi connectivity index (χ1) is 20.3. The summed E-state index contributed by atoms with van der Waals surface area (Å²) in [6.45, 7) is 0. The van der Waals surface area contributed by atoms with Gasteiger partial charge in [-0.3, -0.25) is 9.59 Å². The van der Waals surface area contributed by atoms with Gasteiger partial charge in [0.05, 0.1) is 9.79 Å². The van der Waals surface area contributed by atoms with Gasteiger partial charge in [0.1, 0.15) is 11.5 Å². The fraction of sp³-hybridized carbons (Fsp3) is 0.133. The van der Waals surface area contributed by atoms with Crippen LogP contribution >= 0.6 is 0 Å². The molecule has 43 heavy (non-hydrogen) atoms. The van der Waals surface area contributed by atoms with Crippen LogP contribution in [0.15, 0.2) is 107 Å². The van der Waals surface area contributed by atoms with E-state index < -0.39 is 31.9 Å². The average molecular weight is 623 g/mol. The van der Waals surface area contributed by atoms with Gasteiger partial charge in [-0.1, -0.05) is 12.1 Å². The van der Waals surface area contributed by atoms with Crippen molar-refractivity contribution < 1.29 is 31.2 Å². The van der Waals surface area contributed by atoms with Gasteiger partial charge in [0.25, 0.3) is 11.8 Å². The van der Waals surface area contributed by atoms with Crippen molar-refractivity contribution in [3.05, 3.63) is 108 Å². The monoisotopic (exact) mass is 622 g/mol. The minimum atomic E-state index is -3.68. The van der Waals surface area contributed by atoms with Crippen molar-refractivity contribution in [2.24, 2.45) is 0 Å². The molecule has 11 nitrogen and oxygen atoms in total. The van der Waals surface area contributed by atoms with E-state index >= 15 is 0 Å². The van der Waals surface area contributed by atoms with Gasteiger partial charge < -0.3 is 15.4 Å². The van der Waals surface area contributed by atoms with E-state index in [-0.39, 0.29) is 20.9 Å². The summed E-state index contributed by atoms with van der Waals surface area (Å²) in [5.41, 5.74) is 1.36. The molecule has 0 bridgehead atoms. The zero-order valence-electron chi connectivity index (χ0n) is 23.8. The Hall–Kier alpha value is -4.56. The molecule has 2 N–H and O–H groups in total. The first kappa shape index (κ1) is 31.4. The van der Waals surface area contributed by atoms with Gasteiger partial charge in [0.2, 0.25) is 20.0 Å². The fourth-order valence-corrected chi connectivity index (χ4v) is 5.67. The summed E-state index contributed by atoms with van der Waals surface area (Å²) in [4.78, 5) is 25.5. The molecule has 0 aliphatic heterocycles. The van der Waals surface area contributed by atoms with Gasteiger partial charge in [0.15, 0.2) is 0 Å². The second kappa shape index (κ2) is 12.8. The Morgan fingerprint density at radius 1 is 0.558 bits per heavy atom. The maximum absolute atomic E-state index is 12.7. The van der Waals surface area contributed by atoms with Crippen LogP contribution in [-0.4, -0.2) is 65.5 Å². The first-order valence-electron chi connectivity index (χ1n) is 12.8. The number of carbonyl (C=O) groups is 2. The van der Waals surface area contributed by atoms with Crippen molar-refractivity contribution in [3.8, 4) is 11.5 Å². The van der Waals surface area contributed by atoms with Gasteiger partial charge in [-0.25, -0.2) is 25.4 Å². The normalized spacial score (nSPS) is 11.8. The van der Waals surface area contributed by atoms with Gasteiger partial charge in [-0.05, 0) is 84.9 Å². The van der Waals surface area contributed by atoms with Crippen molar-refractivity contribution in [1.29, 1.82) is 0 Å². The van der Waals surface area contributed by atoms with E-state index in [4.69, 9.17) is 4.74 Å². The highest BCUT2D eigenvalue weighted by Gasteiger charge is 2.20. The third-order valence-electron chi connectivity index (χ3n) is 6.21. The molecule has 0 spiro atoms. The van der Waals surface area contributed by atoms with Crippen LogP contribution in [0, 0.1) is 0 Å². The highest BCUT2D eigenvalue weighted by atomic mass is 32.2. The van der Waals surface area contributed by atoms with Gasteiger partial charge in [-0.2, -0.15) is 0 Å². The molecule has 0 radical (unpaired) electrons. The number of nitrogens with zero attached hydrogens (tertiary/aromatic N) is 2. The van der Waals surface area contributed by atoms with Crippen LogP contribution in [0.3, 0.4) is 0 Å². The summed E-state index contributed by atoms with van der Waals surface area (Å²) in [5, 5.41) is 5.47. The lowest BCUT2D eigenvalue weighted by Gasteiger charge is -2.13. The highest BCUT2D eigenvalue weighted by molar-refractivity contribution is 7.89. The van der Waals surface area contributed by atoms with E-state index in [9.17, 15) is 26.4 Å². The minimum Gasteiger partial charge on any atom is -0.457 e. The first-order valence-corrected chi connectivity index (χ1v) is 15.7. The van der Waals surface area contributed by atoms with Crippen LogP contribution in [0.2, 0.25) is 0 Å². The molecule has 0 aromatic heterocycles. The quantitative estimate of drug-likeness (QED) is 0.266. The van der Waals surface area contributed by atoms with Gasteiger partial charge in [0, 0.05) is 50.7 Å². The Morgan fingerprint density at radius 2 is 0.907 bits per heavy atom. The molecule has 0 atom stereocenters. The SMILES string of the molecule is CN(C)S(=O)(=O)c1cccc(C(=O)Nc2ccc(Oc3ccc(NC(=O)c4cccc(S(=O)(=O)N(C)C)c4)cc3)cc2)c1. The van der Waals surface area contributed by atoms with Gasteiger partial charge >= 0.3 is 0 Å².